The first kappa shape index (κ1) is 17.1. The van der Waals surface area contributed by atoms with Crippen LogP contribution in [0.15, 0.2) is 48.5 Å². The van der Waals surface area contributed by atoms with Crippen LogP contribution in [0, 0.1) is 0 Å². The van der Waals surface area contributed by atoms with Gasteiger partial charge in [-0.1, -0.05) is 30.3 Å². The first-order valence-corrected chi connectivity index (χ1v) is 8.95. The molecule has 26 heavy (non-hydrogen) atoms. The maximum atomic E-state index is 5.71. The Balaban J connectivity index is 1.65. The zero-order valence-corrected chi connectivity index (χ0v) is 15.0. The standard InChI is InChI=1S/C21H24N2O3/c1-24-7-8-25-12-15-9-17-11-19(16-5-3-2-4-6-16)23-21(17)20(10-15)22-18-13-26-14-18/h2-6,9-11,18,22-23H,7-8,12-14H2,1H3. The van der Waals surface area contributed by atoms with Crippen LogP contribution in [-0.4, -0.2) is 44.6 Å². The van der Waals surface area contributed by atoms with Crippen LogP contribution in [0.3, 0.4) is 0 Å². The molecule has 0 atom stereocenters. The molecule has 2 heterocycles. The highest BCUT2D eigenvalue weighted by Crippen LogP contribution is 2.31. The maximum absolute atomic E-state index is 5.71. The van der Waals surface area contributed by atoms with Gasteiger partial charge in [-0.3, -0.25) is 0 Å². The molecule has 1 aliphatic heterocycles. The number of anilines is 1. The highest BCUT2D eigenvalue weighted by atomic mass is 16.5. The number of ether oxygens (including phenoxy) is 3. The van der Waals surface area contributed by atoms with Crippen molar-refractivity contribution in [1.29, 1.82) is 0 Å². The molecule has 1 aromatic heterocycles. The number of H-pyrrole nitrogens is 1. The first-order valence-electron chi connectivity index (χ1n) is 8.95. The number of nitrogens with one attached hydrogen (secondary N) is 2. The van der Waals surface area contributed by atoms with E-state index in [9.17, 15) is 0 Å². The Labute approximate surface area is 153 Å². The van der Waals surface area contributed by atoms with Crippen molar-refractivity contribution in [1.82, 2.24) is 4.98 Å². The van der Waals surface area contributed by atoms with Crippen molar-refractivity contribution in [2.75, 3.05) is 38.9 Å². The largest absolute Gasteiger partial charge is 0.382 e. The molecule has 5 nitrogen and oxygen atoms in total. The summed E-state index contributed by atoms with van der Waals surface area (Å²) >= 11 is 0. The molecular formula is C21H24N2O3. The van der Waals surface area contributed by atoms with E-state index in [2.05, 4.69) is 52.8 Å². The van der Waals surface area contributed by atoms with E-state index >= 15 is 0 Å². The van der Waals surface area contributed by atoms with Gasteiger partial charge in [0.05, 0.1) is 50.3 Å². The quantitative estimate of drug-likeness (QED) is 0.605. The lowest BCUT2D eigenvalue weighted by molar-refractivity contribution is 0.0211. The fourth-order valence-electron chi connectivity index (χ4n) is 3.15. The van der Waals surface area contributed by atoms with Crippen LogP contribution in [0.2, 0.25) is 0 Å². The van der Waals surface area contributed by atoms with E-state index in [4.69, 9.17) is 14.2 Å². The fourth-order valence-corrected chi connectivity index (χ4v) is 3.15. The summed E-state index contributed by atoms with van der Waals surface area (Å²) in [6.45, 7) is 3.27. The summed E-state index contributed by atoms with van der Waals surface area (Å²) < 4.78 is 16.1. The average Bonchev–Trinajstić information content (AvgIpc) is 3.07. The van der Waals surface area contributed by atoms with Crippen molar-refractivity contribution < 1.29 is 14.2 Å². The van der Waals surface area contributed by atoms with Crippen LogP contribution < -0.4 is 5.32 Å². The first-order chi connectivity index (χ1) is 12.8. The van der Waals surface area contributed by atoms with Gasteiger partial charge in [0.15, 0.2) is 0 Å². The third kappa shape index (κ3) is 3.75. The number of methoxy groups -OCH3 is 1. The number of rotatable bonds is 8. The van der Waals surface area contributed by atoms with Gasteiger partial charge in [-0.05, 0) is 29.3 Å². The second kappa shape index (κ2) is 7.91. The summed E-state index contributed by atoms with van der Waals surface area (Å²) in [4.78, 5) is 3.57. The zero-order chi connectivity index (χ0) is 17.8. The van der Waals surface area contributed by atoms with Crippen LogP contribution in [0.1, 0.15) is 5.56 Å². The van der Waals surface area contributed by atoms with Gasteiger partial charge < -0.3 is 24.5 Å². The van der Waals surface area contributed by atoms with Gasteiger partial charge in [-0.15, -0.1) is 0 Å². The molecular weight excluding hydrogens is 328 g/mol. The fraction of sp³-hybridized carbons (Fsp3) is 0.333. The van der Waals surface area contributed by atoms with Gasteiger partial charge in [0, 0.05) is 18.2 Å². The highest BCUT2D eigenvalue weighted by molar-refractivity contribution is 5.95. The minimum atomic E-state index is 0.367. The Morgan fingerprint density at radius 2 is 1.96 bits per heavy atom. The molecule has 0 spiro atoms. The summed E-state index contributed by atoms with van der Waals surface area (Å²) in [5.74, 6) is 0. The SMILES string of the molecule is COCCOCc1cc(NC2COC2)c2[nH]c(-c3ccccc3)cc2c1. The third-order valence-corrected chi connectivity index (χ3v) is 4.57. The monoisotopic (exact) mass is 352 g/mol. The Kier molecular flexibility index (Phi) is 5.20. The van der Waals surface area contributed by atoms with Crippen LogP contribution in [-0.2, 0) is 20.8 Å². The van der Waals surface area contributed by atoms with E-state index in [1.54, 1.807) is 7.11 Å². The lowest BCUT2D eigenvalue weighted by Crippen LogP contribution is -2.40. The second-order valence-corrected chi connectivity index (χ2v) is 6.58. The normalized spacial score (nSPS) is 14.5. The minimum absolute atomic E-state index is 0.367. The summed E-state index contributed by atoms with van der Waals surface area (Å²) in [5.41, 5.74) is 5.67. The van der Waals surface area contributed by atoms with Gasteiger partial charge in [0.25, 0.3) is 0 Å². The minimum Gasteiger partial charge on any atom is -0.382 e. The molecule has 1 aliphatic rings. The van der Waals surface area contributed by atoms with Crippen molar-refractivity contribution in [2.24, 2.45) is 0 Å². The molecule has 3 aromatic rings. The van der Waals surface area contributed by atoms with Crippen LogP contribution in [0.4, 0.5) is 5.69 Å². The summed E-state index contributed by atoms with van der Waals surface area (Å²) in [6.07, 6.45) is 0. The molecule has 0 radical (unpaired) electrons. The van der Waals surface area contributed by atoms with E-state index in [0.29, 0.717) is 25.9 Å². The Morgan fingerprint density at radius 1 is 1.12 bits per heavy atom. The number of benzene rings is 2. The number of aromatic nitrogens is 1. The molecule has 4 rings (SSSR count). The Hall–Kier alpha value is -2.34. The van der Waals surface area contributed by atoms with Gasteiger partial charge >= 0.3 is 0 Å². The summed E-state index contributed by atoms with van der Waals surface area (Å²) in [6, 6.07) is 17.3. The van der Waals surface area contributed by atoms with Crippen LogP contribution in [0.25, 0.3) is 22.2 Å². The molecule has 2 N–H and O–H groups in total. The van der Waals surface area contributed by atoms with Crippen molar-refractivity contribution >= 4 is 16.6 Å². The zero-order valence-electron chi connectivity index (χ0n) is 15.0. The topological polar surface area (TPSA) is 55.5 Å². The second-order valence-electron chi connectivity index (χ2n) is 6.58. The van der Waals surface area contributed by atoms with Crippen molar-refractivity contribution in [3.63, 3.8) is 0 Å². The lowest BCUT2D eigenvalue weighted by Gasteiger charge is -2.28. The van der Waals surface area contributed by atoms with Crippen molar-refractivity contribution in [3.8, 4) is 11.3 Å². The maximum Gasteiger partial charge on any atom is 0.0729 e. The van der Waals surface area contributed by atoms with E-state index < -0.39 is 0 Å². The van der Waals surface area contributed by atoms with Crippen molar-refractivity contribution in [3.05, 3.63) is 54.1 Å². The average molecular weight is 352 g/mol. The molecule has 1 saturated heterocycles. The van der Waals surface area contributed by atoms with E-state index in [-0.39, 0.29) is 0 Å². The van der Waals surface area contributed by atoms with E-state index in [1.165, 1.54) is 10.9 Å². The molecule has 0 unspecified atom stereocenters. The van der Waals surface area contributed by atoms with Gasteiger partial charge in [0.2, 0.25) is 0 Å². The van der Waals surface area contributed by atoms with E-state index in [1.807, 2.05) is 6.07 Å². The highest BCUT2D eigenvalue weighted by Gasteiger charge is 2.20. The van der Waals surface area contributed by atoms with Crippen LogP contribution >= 0.6 is 0 Å². The van der Waals surface area contributed by atoms with E-state index in [0.717, 1.165) is 35.7 Å². The molecule has 1 fully saturated rings. The lowest BCUT2D eigenvalue weighted by atomic mass is 10.1. The van der Waals surface area contributed by atoms with Gasteiger partial charge in [-0.2, -0.15) is 0 Å². The number of fused-ring (bicyclic) bond motifs is 1. The molecule has 136 valence electrons. The number of aromatic amines is 1. The molecule has 0 bridgehead atoms. The van der Waals surface area contributed by atoms with Crippen LogP contribution in [0.5, 0.6) is 0 Å². The van der Waals surface area contributed by atoms with Gasteiger partial charge in [0.1, 0.15) is 0 Å². The smallest absolute Gasteiger partial charge is 0.0729 e. The van der Waals surface area contributed by atoms with Gasteiger partial charge in [-0.25, -0.2) is 0 Å². The molecule has 0 aliphatic carbocycles. The number of hydrogen-bond acceptors (Lipinski definition) is 4. The predicted octanol–water partition coefficient (Wildman–Crippen LogP) is 3.81. The Bertz CT molecular complexity index is 856. The predicted molar refractivity (Wildman–Crippen MR) is 103 cm³/mol. The summed E-state index contributed by atoms with van der Waals surface area (Å²) in [7, 11) is 1.68. The van der Waals surface area contributed by atoms with Crippen molar-refractivity contribution in [2.45, 2.75) is 12.6 Å². The Morgan fingerprint density at radius 3 is 2.69 bits per heavy atom. The molecule has 5 heteroatoms. The molecule has 0 amide bonds. The third-order valence-electron chi connectivity index (χ3n) is 4.57. The summed E-state index contributed by atoms with van der Waals surface area (Å²) in [5, 5.41) is 4.77. The molecule has 2 aromatic carbocycles. The molecule has 0 saturated carbocycles. The number of hydrogen-bond donors (Lipinski definition) is 2.